The van der Waals surface area contributed by atoms with Crippen molar-refractivity contribution in [2.75, 3.05) is 12.9 Å². The quantitative estimate of drug-likeness (QED) is 0.486. The van der Waals surface area contributed by atoms with Gasteiger partial charge in [0, 0.05) is 30.5 Å². The molecule has 0 aliphatic rings. The lowest BCUT2D eigenvalue weighted by Gasteiger charge is -2.29. The van der Waals surface area contributed by atoms with Gasteiger partial charge in [0.15, 0.2) is 0 Å². The number of ether oxygens (including phenoxy) is 1. The second-order valence-electron chi connectivity index (χ2n) is 7.65. The van der Waals surface area contributed by atoms with Gasteiger partial charge in [0.1, 0.15) is 11.8 Å². The summed E-state index contributed by atoms with van der Waals surface area (Å²) in [4.78, 5) is 27.5. The number of carbonyl (C=O) groups excluding carboxylic acids is 2. The second-order valence-corrected chi connectivity index (χ2v) is 8.76. The minimum Gasteiger partial charge on any atom is -0.497 e. The van der Waals surface area contributed by atoms with E-state index in [1.165, 1.54) is 5.56 Å². The minimum atomic E-state index is -0.539. The van der Waals surface area contributed by atoms with Crippen molar-refractivity contribution in [3.05, 3.63) is 65.7 Å². The van der Waals surface area contributed by atoms with E-state index in [2.05, 4.69) is 17.4 Å². The Balaban J connectivity index is 2.01. The molecular weight excluding hydrogens is 408 g/mol. The van der Waals surface area contributed by atoms with Crippen molar-refractivity contribution in [2.24, 2.45) is 0 Å². The van der Waals surface area contributed by atoms with Crippen LogP contribution in [0.4, 0.5) is 0 Å². The molecule has 2 rings (SSSR count). The monoisotopic (exact) mass is 442 g/mol. The lowest BCUT2D eigenvalue weighted by atomic mass is 10.1. The molecule has 31 heavy (non-hydrogen) atoms. The van der Waals surface area contributed by atoms with Crippen molar-refractivity contribution in [3.8, 4) is 5.75 Å². The second kappa shape index (κ2) is 13.1. The molecule has 2 aromatic rings. The fourth-order valence-electron chi connectivity index (χ4n) is 3.04. The first-order valence-corrected chi connectivity index (χ1v) is 11.9. The van der Waals surface area contributed by atoms with Gasteiger partial charge in [-0.2, -0.15) is 11.8 Å². The maximum Gasteiger partial charge on any atom is 0.242 e. The maximum absolute atomic E-state index is 13.1. The molecule has 168 valence electrons. The number of benzene rings is 2. The first kappa shape index (κ1) is 24.8. The van der Waals surface area contributed by atoms with E-state index >= 15 is 0 Å². The van der Waals surface area contributed by atoms with Crippen LogP contribution < -0.4 is 10.1 Å². The van der Waals surface area contributed by atoms with Crippen molar-refractivity contribution in [1.29, 1.82) is 0 Å². The summed E-state index contributed by atoms with van der Waals surface area (Å²) >= 11 is 1.73. The van der Waals surface area contributed by atoms with E-state index < -0.39 is 6.04 Å². The van der Waals surface area contributed by atoms with Crippen LogP contribution in [-0.4, -0.2) is 41.7 Å². The highest BCUT2D eigenvalue weighted by Gasteiger charge is 2.26. The van der Waals surface area contributed by atoms with Gasteiger partial charge < -0.3 is 15.0 Å². The number of nitrogens with zero attached hydrogens (tertiary/aromatic N) is 1. The van der Waals surface area contributed by atoms with Crippen LogP contribution in [0.2, 0.25) is 0 Å². The number of thioether (sulfide) groups is 1. The van der Waals surface area contributed by atoms with Gasteiger partial charge in [0.2, 0.25) is 11.8 Å². The Labute approximate surface area is 190 Å². The fraction of sp³-hybridized carbons (Fsp3) is 0.440. The Hall–Kier alpha value is -2.47. The standard InChI is InChI=1S/C25H34N2O3S/c1-5-19(2)26-25(29)20(3)27(17-21-11-13-23(30-4)14-12-21)24(28)15-16-31-18-22-9-7-6-8-10-22/h6-14,19-20H,5,15-18H2,1-4H3,(H,26,29)/t19-,20+/m1/s1. The topological polar surface area (TPSA) is 58.6 Å². The van der Waals surface area contributed by atoms with Gasteiger partial charge in [0.05, 0.1) is 7.11 Å². The third-order valence-corrected chi connectivity index (χ3v) is 6.28. The minimum absolute atomic E-state index is 0.0109. The predicted molar refractivity (Wildman–Crippen MR) is 128 cm³/mol. The van der Waals surface area contributed by atoms with Gasteiger partial charge in [-0.15, -0.1) is 0 Å². The van der Waals surface area contributed by atoms with E-state index in [9.17, 15) is 9.59 Å². The van der Waals surface area contributed by atoms with E-state index in [4.69, 9.17) is 4.74 Å². The first-order chi connectivity index (χ1) is 14.9. The van der Waals surface area contributed by atoms with Crippen LogP contribution in [0.25, 0.3) is 0 Å². The van der Waals surface area contributed by atoms with Gasteiger partial charge in [-0.3, -0.25) is 9.59 Å². The zero-order valence-electron chi connectivity index (χ0n) is 19.0. The third kappa shape index (κ3) is 8.29. The van der Waals surface area contributed by atoms with Gasteiger partial charge in [-0.1, -0.05) is 49.4 Å². The van der Waals surface area contributed by atoms with Crippen molar-refractivity contribution >= 4 is 23.6 Å². The molecule has 2 atom stereocenters. The Kier molecular flexibility index (Phi) is 10.4. The van der Waals surface area contributed by atoms with Crippen LogP contribution in [0.3, 0.4) is 0 Å². The molecule has 0 saturated carbocycles. The average Bonchev–Trinajstić information content (AvgIpc) is 2.80. The molecule has 0 aromatic heterocycles. The zero-order valence-corrected chi connectivity index (χ0v) is 19.8. The summed E-state index contributed by atoms with van der Waals surface area (Å²) in [6.07, 6.45) is 1.25. The molecule has 0 saturated heterocycles. The van der Waals surface area contributed by atoms with E-state index in [0.29, 0.717) is 18.7 Å². The van der Waals surface area contributed by atoms with Gasteiger partial charge in [-0.05, 0) is 43.5 Å². The summed E-state index contributed by atoms with van der Waals surface area (Å²) in [5.74, 6) is 2.22. The zero-order chi connectivity index (χ0) is 22.6. The highest BCUT2D eigenvalue weighted by molar-refractivity contribution is 7.98. The molecule has 2 aromatic carbocycles. The Morgan fingerprint density at radius 1 is 1.03 bits per heavy atom. The van der Waals surface area contributed by atoms with E-state index in [-0.39, 0.29) is 17.9 Å². The summed E-state index contributed by atoms with van der Waals surface area (Å²) in [6, 6.07) is 17.4. The van der Waals surface area contributed by atoms with Crippen LogP contribution in [0.15, 0.2) is 54.6 Å². The van der Waals surface area contributed by atoms with E-state index in [0.717, 1.165) is 23.5 Å². The fourth-order valence-corrected chi connectivity index (χ4v) is 3.93. The highest BCUT2D eigenvalue weighted by Crippen LogP contribution is 2.18. The van der Waals surface area contributed by atoms with Gasteiger partial charge in [0.25, 0.3) is 0 Å². The third-order valence-electron chi connectivity index (χ3n) is 5.25. The summed E-state index contributed by atoms with van der Waals surface area (Å²) in [6.45, 7) is 6.19. The number of methoxy groups -OCH3 is 1. The van der Waals surface area contributed by atoms with E-state index in [1.54, 1.807) is 30.7 Å². The Morgan fingerprint density at radius 3 is 2.32 bits per heavy atom. The largest absolute Gasteiger partial charge is 0.497 e. The molecule has 2 amide bonds. The summed E-state index contributed by atoms with van der Waals surface area (Å²) in [7, 11) is 1.62. The van der Waals surface area contributed by atoms with Crippen LogP contribution >= 0.6 is 11.8 Å². The number of nitrogens with one attached hydrogen (secondary N) is 1. The molecule has 0 radical (unpaired) electrons. The molecule has 6 heteroatoms. The molecule has 0 aliphatic carbocycles. The molecule has 0 fully saturated rings. The Bertz CT molecular complexity index is 811. The van der Waals surface area contributed by atoms with E-state index in [1.807, 2.05) is 56.3 Å². The number of rotatable bonds is 12. The lowest BCUT2D eigenvalue weighted by molar-refractivity contribution is -0.140. The molecule has 5 nitrogen and oxygen atoms in total. The summed E-state index contributed by atoms with van der Waals surface area (Å²) in [5, 5.41) is 3.00. The molecule has 0 unspecified atom stereocenters. The van der Waals surface area contributed by atoms with Crippen molar-refractivity contribution in [2.45, 2.75) is 58.0 Å². The summed E-state index contributed by atoms with van der Waals surface area (Å²) < 4.78 is 5.22. The number of hydrogen-bond donors (Lipinski definition) is 1. The summed E-state index contributed by atoms with van der Waals surface area (Å²) in [5.41, 5.74) is 2.21. The number of amides is 2. The SMILES string of the molecule is CC[C@@H](C)NC(=O)[C@H](C)N(Cc1ccc(OC)cc1)C(=O)CCSCc1ccccc1. The van der Waals surface area contributed by atoms with Crippen LogP contribution in [0.5, 0.6) is 5.75 Å². The molecule has 0 aliphatic heterocycles. The number of carbonyl (C=O) groups is 2. The van der Waals surface area contributed by atoms with Crippen LogP contribution in [0, 0.1) is 0 Å². The molecule has 1 N–H and O–H groups in total. The van der Waals surface area contributed by atoms with Crippen molar-refractivity contribution in [1.82, 2.24) is 10.2 Å². The molecular formula is C25H34N2O3S. The smallest absolute Gasteiger partial charge is 0.242 e. The lowest BCUT2D eigenvalue weighted by Crippen LogP contribution is -2.49. The predicted octanol–water partition coefficient (Wildman–Crippen LogP) is 4.65. The van der Waals surface area contributed by atoms with Crippen molar-refractivity contribution < 1.29 is 14.3 Å². The Morgan fingerprint density at radius 2 is 1.71 bits per heavy atom. The van der Waals surface area contributed by atoms with Crippen LogP contribution in [0.1, 0.15) is 44.7 Å². The van der Waals surface area contributed by atoms with Gasteiger partial charge >= 0.3 is 0 Å². The first-order valence-electron chi connectivity index (χ1n) is 10.8. The highest BCUT2D eigenvalue weighted by atomic mass is 32.2. The van der Waals surface area contributed by atoms with Gasteiger partial charge in [-0.25, -0.2) is 0 Å². The van der Waals surface area contributed by atoms with Crippen molar-refractivity contribution in [3.63, 3.8) is 0 Å². The maximum atomic E-state index is 13.1. The molecule has 0 spiro atoms. The normalized spacial score (nSPS) is 12.6. The molecule has 0 heterocycles. The average molecular weight is 443 g/mol. The molecule has 0 bridgehead atoms. The van der Waals surface area contributed by atoms with Crippen LogP contribution in [-0.2, 0) is 21.9 Å². The number of hydrogen-bond acceptors (Lipinski definition) is 4.